The van der Waals surface area contributed by atoms with Crippen LogP contribution in [0.5, 0.6) is 0 Å². The third-order valence-electron chi connectivity index (χ3n) is 3.73. The number of aromatic nitrogens is 1. The molecule has 78 valence electrons. The summed E-state index contributed by atoms with van der Waals surface area (Å²) in [5.41, 5.74) is 9.03. The fourth-order valence-electron chi connectivity index (χ4n) is 2.23. The van der Waals surface area contributed by atoms with Gasteiger partial charge >= 0.3 is 0 Å². The molecule has 1 aliphatic rings. The Balaban J connectivity index is 1.99. The van der Waals surface area contributed by atoms with Crippen molar-refractivity contribution in [2.75, 3.05) is 0 Å². The van der Waals surface area contributed by atoms with E-state index in [1.807, 2.05) is 0 Å². The van der Waals surface area contributed by atoms with E-state index in [2.05, 4.69) is 37.5 Å². The minimum Gasteiger partial charge on any atom is -0.349 e. The molecule has 0 radical (unpaired) electrons. The average Bonchev–Trinajstić information content (AvgIpc) is 2.57. The summed E-state index contributed by atoms with van der Waals surface area (Å²) in [4.78, 5) is 0. The van der Waals surface area contributed by atoms with E-state index in [-0.39, 0.29) is 5.54 Å². The fourth-order valence-corrected chi connectivity index (χ4v) is 2.23. The van der Waals surface area contributed by atoms with E-state index in [1.54, 1.807) is 0 Å². The normalized spacial score (nSPS) is 30.7. The Kier molecular flexibility index (Phi) is 2.18. The molecule has 1 heterocycles. The summed E-state index contributed by atoms with van der Waals surface area (Å²) in [6.45, 7) is 7.64. The van der Waals surface area contributed by atoms with Crippen molar-refractivity contribution in [2.24, 2.45) is 11.7 Å². The molecule has 2 nitrogen and oxygen atoms in total. The summed E-state index contributed by atoms with van der Waals surface area (Å²) in [5, 5.41) is 0. The van der Waals surface area contributed by atoms with Gasteiger partial charge in [0.1, 0.15) is 0 Å². The van der Waals surface area contributed by atoms with Crippen molar-refractivity contribution in [1.82, 2.24) is 4.57 Å². The second-order valence-corrected chi connectivity index (χ2v) is 4.86. The maximum Gasteiger partial charge on any atom is 0.0242 e. The average molecular weight is 192 g/mol. The third kappa shape index (κ3) is 1.59. The second-order valence-electron chi connectivity index (χ2n) is 4.86. The van der Waals surface area contributed by atoms with Crippen LogP contribution in [0.2, 0.25) is 0 Å². The third-order valence-corrected chi connectivity index (χ3v) is 3.73. The molecule has 0 saturated heterocycles. The number of hydrogen-bond donors (Lipinski definition) is 1. The highest BCUT2D eigenvalue weighted by Gasteiger charge is 2.46. The maximum absolute atomic E-state index is 6.19. The Morgan fingerprint density at radius 2 is 1.93 bits per heavy atom. The first-order valence-corrected chi connectivity index (χ1v) is 5.44. The van der Waals surface area contributed by atoms with Crippen molar-refractivity contribution in [3.63, 3.8) is 0 Å². The fraction of sp³-hybridized carbons (Fsp3) is 0.667. The van der Waals surface area contributed by atoms with Gasteiger partial charge in [-0.2, -0.15) is 0 Å². The van der Waals surface area contributed by atoms with Crippen molar-refractivity contribution < 1.29 is 0 Å². The van der Waals surface area contributed by atoms with Gasteiger partial charge in [0, 0.05) is 23.5 Å². The van der Waals surface area contributed by atoms with Crippen molar-refractivity contribution in [2.45, 2.75) is 45.7 Å². The van der Waals surface area contributed by atoms with Crippen LogP contribution in [0.1, 0.15) is 31.2 Å². The van der Waals surface area contributed by atoms with Gasteiger partial charge in [-0.05, 0) is 44.7 Å². The molecule has 2 heteroatoms. The SMILES string of the molecule is Cc1ccc(C)n1CCC1(N)CC1C. The summed E-state index contributed by atoms with van der Waals surface area (Å²) >= 11 is 0. The number of rotatable bonds is 3. The zero-order chi connectivity index (χ0) is 10.3. The first-order chi connectivity index (χ1) is 6.53. The number of nitrogens with two attached hydrogens (primary N) is 1. The lowest BCUT2D eigenvalue weighted by Crippen LogP contribution is -2.26. The van der Waals surface area contributed by atoms with E-state index in [9.17, 15) is 0 Å². The maximum atomic E-state index is 6.19. The molecule has 0 bridgehead atoms. The number of aryl methyl sites for hydroxylation is 2. The molecule has 1 aliphatic carbocycles. The Morgan fingerprint density at radius 3 is 2.36 bits per heavy atom. The summed E-state index contributed by atoms with van der Waals surface area (Å²) in [5.74, 6) is 0.721. The van der Waals surface area contributed by atoms with Crippen LogP contribution < -0.4 is 5.73 Å². The summed E-state index contributed by atoms with van der Waals surface area (Å²) in [7, 11) is 0. The molecule has 0 aliphatic heterocycles. The molecule has 2 unspecified atom stereocenters. The number of hydrogen-bond acceptors (Lipinski definition) is 1. The van der Waals surface area contributed by atoms with Crippen molar-refractivity contribution in [1.29, 1.82) is 0 Å². The van der Waals surface area contributed by atoms with Gasteiger partial charge in [-0.15, -0.1) is 0 Å². The van der Waals surface area contributed by atoms with Gasteiger partial charge in [0.15, 0.2) is 0 Å². The highest BCUT2D eigenvalue weighted by molar-refractivity contribution is 5.14. The predicted octanol–water partition coefficient (Wildman–Crippen LogP) is 2.23. The second kappa shape index (κ2) is 3.13. The smallest absolute Gasteiger partial charge is 0.0242 e. The van der Waals surface area contributed by atoms with Gasteiger partial charge in [0.25, 0.3) is 0 Å². The van der Waals surface area contributed by atoms with Crippen molar-refractivity contribution in [3.8, 4) is 0 Å². The van der Waals surface area contributed by atoms with Gasteiger partial charge in [-0.25, -0.2) is 0 Å². The van der Waals surface area contributed by atoms with Gasteiger partial charge in [-0.3, -0.25) is 0 Å². The molecule has 0 amide bonds. The minimum absolute atomic E-state index is 0.142. The van der Waals surface area contributed by atoms with Crippen LogP contribution in [-0.4, -0.2) is 10.1 Å². The lowest BCUT2D eigenvalue weighted by molar-refractivity contribution is 0.497. The van der Waals surface area contributed by atoms with Crippen LogP contribution in [0, 0.1) is 19.8 Å². The predicted molar refractivity (Wildman–Crippen MR) is 59.2 cm³/mol. The van der Waals surface area contributed by atoms with Crippen LogP contribution in [0.4, 0.5) is 0 Å². The highest BCUT2D eigenvalue weighted by atomic mass is 15.0. The molecular weight excluding hydrogens is 172 g/mol. The first-order valence-electron chi connectivity index (χ1n) is 5.44. The summed E-state index contributed by atoms with van der Waals surface area (Å²) in [6.07, 6.45) is 2.32. The van der Waals surface area contributed by atoms with E-state index in [0.717, 1.165) is 18.9 Å². The molecule has 1 aromatic rings. The van der Waals surface area contributed by atoms with Crippen LogP contribution in [0.25, 0.3) is 0 Å². The largest absolute Gasteiger partial charge is 0.349 e. The van der Waals surface area contributed by atoms with E-state index in [0.29, 0.717) is 0 Å². The Bertz CT molecular complexity index is 321. The molecular formula is C12H20N2. The standard InChI is InChI=1S/C12H20N2/c1-9-8-12(9,13)6-7-14-10(2)4-5-11(14)3/h4-5,9H,6-8,13H2,1-3H3. The van der Waals surface area contributed by atoms with E-state index >= 15 is 0 Å². The Hall–Kier alpha value is -0.760. The molecule has 1 fully saturated rings. The first kappa shape index (κ1) is 9.78. The van der Waals surface area contributed by atoms with Gasteiger partial charge in [-0.1, -0.05) is 6.92 Å². The topological polar surface area (TPSA) is 30.9 Å². The zero-order valence-electron chi connectivity index (χ0n) is 9.38. The van der Waals surface area contributed by atoms with Gasteiger partial charge in [0.05, 0.1) is 0 Å². The van der Waals surface area contributed by atoms with E-state index < -0.39 is 0 Å². The van der Waals surface area contributed by atoms with Crippen molar-refractivity contribution >= 4 is 0 Å². The van der Waals surface area contributed by atoms with E-state index in [1.165, 1.54) is 17.8 Å². The lowest BCUT2D eigenvalue weighted by atomic mass is 10.1. The highest BCUT2D eigenvalue weighted by Crippen LogP contribution is 2.43. The molecule has 1 saturated carbocycles. The Labute approximate surface area is 86.1 Å². The van der Waals surface area contributed by atoms with Crippen LogP contribution in [-0.2, 0) is 6.54 Å². The van der Waals surface area contributed by atoms with Crippen LogP contribution in [0.3, 0.4) is 0 Å². The molecule has 2 rings (SSSR count). The van der Waals surface area contributed by atoms with Crippen molar-refractivity contribution in [3.05, 3.63) is 23.5 Å². The lowest BCUT2D eigenvalue weighted by Gasteiger charge is -2.13. The minimum atomic E-state index is 0.142. The van der Waals surface area contributed by atoms with Crippen LogP contribution in [0.15, 0.2) is 12.1 Å². The summed E-state index contributed by atoms with van der Waals surface area (Å²) in [6, 6.07) is 4.35. The van der Waals surface area contributed by atoms with Gasteiger partial charge < -0.3 is 10.3 Å². The Morgan fingerprint density at radius 1 is 1.43 bits per heavy atom. The molecule has 0 spiro atoms. The molecule has 14 heavy (non-hydrogen) atoms. The zero-order valence-corrected chi connectivity index (χ0v) is 9.38. The van der Waals surface area contributed by atoms with Gasteiger partial charge in [0.2, 0.25) is 0 Å². The number of nitrogens with zero attached hydrogens (tertiary/aromatic N) is 1. The van der Waals surface area contributed by atoms with E-state index in [4.69, 9.17) is 5.73 Å². The molecule has 1 aromatic heterocycles. The van der Waals surface area contributed by atoms with Crippen LogP contribution >= 0.6 is 0 Å². The molecule has 2 N–H and O–H groups in total. The quantitative estimate of drug-likeness (QED) is 0.782. The monoisotopic (exact) mass is 192 g/mol. The molecule has 0 aromatic carbocycles. The summed E-state index contributed by atoms with van der Waals surface area (Å²) < 4.78 is 2.36. The molecule has 2 atom stereocenters.